The van der Waals surface area contributed by atoms with Crippen LogP contribution in [0.2, 0.25) is 0 Å². The van der Waals surface area contributed by atoms with Gasteiger partial charge in [-0.1, -0.05) is 10.3 Å². The molecule has 5 nitrogen and oxygen atoms in total. The lowest BCUT2D eigenvalue weighted by atomic mass is 10.5. The summed E-state index contributed by atoms with van der Waals surface area (Å²) in [4.78, 5) is 10.5. The summed E-state index contributed by atoms with van der Waals surface area (Å²) in [5.74, 6) is 0.0159. The van der Waals surface area contributed by atoms with Crippen molar-refractivity contribution in [2.24, 2.45) is 0 Å². The van der Waals surface area contributed by atoms with Crippen LogP contribution in [0.5, 0.6) is 0 Å². The van der Waals surface area contributed by atoms with Gasteiger partial charge in [-0.3, -0.25) is 4.79 Å². The number of ketones is 1. The summed E-state index contributed by atoms with van der Waals surface area (Å²) >= 11 is 4.71. The number of nitrogens with zero attached hydrogens (tertiary/aromatic N) is 3. The van der Waals surface area contributed by atoms with Gasteiger partial charge in [0.15, 0.2) is 5.78 Å². The van der Waals surface area contributed by atoms with Gasteiger partial charge in [0.05, 0.1) is 0 Å². The van der Waals surface area contributed by atoms with E-state index in [1.54, 1.807) is 0 Å². The molecule has 0 spiro atoms. The molecule has 0 unspecified atom stereocenters. The molecule has 10 heavy (non-hydrogen) atoms. The Kier molecular flexibility index (Phi) is 1.91. The molecule has 0 fully saturated rings. The summed E-state index contributed by atoms with van der Waals surface area (Å²) < 4.78 is 1.70. The van der Waals surface area contributed by atoms with E-state index in [9.17, 15) is 4.79 Å². The number of H-pyrrole nitrogens is 1. The van der Waals surface area contributed by atoms with Crippen LogP contribution in [0.4, 0.5) is 0 Å². The second-order valence-electron chi connectivity index (χ2n) is 1.87. The number of aromatic amines is 1. The largest absolute Gasteiger partial charge is 0.298 e. The quantitative estimate of drug-likeness (QED) is 0.612. The lowest BCUT2D eigenvalue weighted by molar-refractivity contribution is -0.117. The summed E-state index contributed by atoms with van der Waals surface area (Å²) in [6, 6.07) is 0. The Balaban J connectivity index is 2.85. The Morgan fingerprint density at radius 1 is 1.90 bits per heavy atom. The monoisotopic (exact) mass is 158 g/mol. The molecule has 0 aliphatic heterocycles. The standard InChI is InChI=1S/C4H6N4OS/c1-3(9)2-8-4(10)5-6-7-8/h2H2,1H3,(H,5,7,10). The van der Waals surface area contributed by atoms with E-state index in [0.29, 0.717) is 4.77 Å². The molecule has 0 aromatic carbocycles. The summed E-state index contributed by atoms with van der Waals surface area (Å²) in [5, 5.41) is 9.36. The molecular weight excluding hydrogens is 152 g/mol. The molecule has 0 radical (unpaired) electrons. The molecule has 1 rings (SSSR count). The van der Waals surface area contributed by atoms with Gasteiger partial charge in [0.2, 0.25) is 4.77 Å². The van der Waals surface area contributed by atoms with Crippen molar-refractivity contribution in [2.45, 2.75) is 13.5 Å². The molecular formula is C4H6N4OS. The van der Waals surface area contributed by atoms with Gasteiger partial charge in [-0.05, 0) is 19.1 Å². The third-order valence-corrected chi connectivity index (χ3v) is 1.21. The molecule has 0 atom stereocenters. The Hall–Kier alpha value is -1.04. The third kappa shape index (κ3) is 1.47. The predicted octanol–water partition coefficient (Wildman–Crippen LogP) is -0.0753. The maximum Gasteiger partial charge on any atom is 0.238 e. The fourth-order valence-corrected chi connectivity index (χ4v) is 0.688. The highest BCUT2D eigenvalue weighted by Crippen LogP contribution is 1.82. The molecule has 1 heterocycles. The van der Waals surface area contributed by atoms with Crippen molar-refractivity contribution in [3.63, 3.8) is 0 Å². The highest BCUT2D eigenvalue weighted by Gasteiger charge is 1.96. The van der Waals surface area contributed by atoms with E-state index in [1.165, 1.54) is 11.6 Å². The van der Waals surface area contributed by atoms with Crippen LogP contribution < -0.4 is 0 Å². The van der Waals surface area contributed by atoms with Crippen molar-refractivity contribution in [1.82, 2.24) is 20.2 Å². The molecule has 0 saturated heterocycles. The fourth-order valence-electron chi connectivity index (χ4n) is 0.542. The number of nitrogens with one attached hydrogen (secondary N) is 1. The topological polar surface area (TPSA) is 63.6 Å². The average Bonchev–Trinajstić information content (AvgIpc) is 2.15. The summed E-state index contributed by atoms with van der Waals surface area (Å²) in [6.45, 7) is 1.69. The van der Waals surface area contributed by atoms with Crippen LogP contribution in [0.3, 0.4) is 0 Å². The van der Waals surface area contributed by atoms with Crippen LogP contribution in [-0.4, -0.2) is 26.0 Å². The molecule has 0 amide bonds. The minimum Gasteiger partial charge on any atom is -0.298 e. The van der Waals surface area contributed by atoms with Crippen molar-refractivity contribution in [3.05, 3.63) is 4.77 Å². The zero-order valence-electron chi connectivity index (χ0n) is 5.37. The van der Waals surface area contributed by atoms with Gasteiger partial charge < -0.3 is 0 Å². The van der Waals surface area contributed by atoms with Crippen molar-refractivity contribution in [3.8, 4) is 0 Å². The number of rotatable bonds is 2. The van der Waals surface area contributed by atoms with Crippen LogP contribution in [0.1, 0.15) is 6.92 Å². The van der Waals surface area contributed by atoms with E-state index >= 15 is 0 Å². The minimum atomic E-state index is 0.0159. The Morgan fingerprint density at radius 3 is 3.00 bits per heavy atom. The SMILES string of the molecule is CC(=O)Cn1[nH]nnc1=S. The van der Waals surface area contributed by atoms with Crippen LogP contribution in [-0.2, 0) is 11.3 Å². The smallest absolute Gasteiger partial charge is 0.238 e. The minimum absolute atomic E-state index is 0.0159. The maximum absolute atomic E-state index is 10.5. The summed E-state index contributed by atoms with van der Waals surface area (Å²) in [7, 11) is 0. The number of Topliss-reactive ketones (excluding diaryl/α,β-unsaturated/α-hetero) is 1. The second-order valence-corrected chi connectivity index (χ2v) is 2.24. The maximum atomic E-state index is 10.5. The molecule has 1 N–H and O–H groups in total. The first kappa shape index (κ1) is 7.07. The first-order valence-corrected chi connectivity index (χ1v) is 3.08. The normalized spacial score (nSPS) is 9.70. The molecule has 0 aliphatic rings. The number of tetrazole rings is 1. The van der Waals surface area contributed by atoms with E-state index < -0.39 is 0 Å². The van der Waals surface area contributed by atoms with Gasteiger partial charge in [-0.25, -0.2) is 4.68 Å². The molecule has 1 aromatic heterocycles. The second kappa shape index (κ2) is 2.70. The highest BCUT2D eigenvalue weighted by atomic mass is 32.1. The van der Waals surface area contributed by atoms with E-state index in [4.69, 9.17) is 12.2 Å². The predicted molar refractivity (Wildman–Crippen MR) is 35.9 cm³/mol. The van der Waals surface area contributed by atoms with Crippen molar-refractivity contribution in [1.29, 1.82) is 0 Å². The first-order chi connectivity index (χ1) is 4.70. The van der Waals surface area contributed by atoms with Crippen LogP contribution in [0, 0.1) is 4.77 Å². The van der Waals surface area contributed by atoms with Gasteiger partial charge in [-0.15, -0.1) is 0 Å². The van der Waals surface area contributed by atoms with E-state index in [-0.39, 0.29) is 12.3 Å². The third-order valence-electron chi connectivity index (χ3n) is 0.913. The fraction of sp³-hybridized carbons (Fsp3) is 0.500. The number of carbonyl (C=O) groups is 1. The van der Waals surface area contributed by atoms with Crippen LogP contribution in [0.15, 0.2) is 0 Å². The Bertz CT molecular complexity index is 287. The van der Waals surface area contributed by atoms with Crippen molar-refractivity contribution < 1.29 is 4.79 Å². The molecule has 1 aromatic rings. The van der Waals surface area contributed by atoms with E-state index in [0.717, 1.165) is 0 Å². The number of carbonyl (C=O) groups excluding carboxylic acids is 1. The van der Waals surface area contributed by atoms with Gasteiger partial charge in [0.25, 0.3) is 0 Å². The summed E-state index contributed by atoms with van der Waals surface area (Å²) in [6.07, 6.45) is 0. The zero-order chi connectivity index (χ0) is 7.56. The van der Waals surface area contributed by atoms with E-state index in [1.807, 2.05) is 0 Å². The molecule has 0 aliphatic carbocycles. The van der Waals surface area contributed by atoms with Crippen molar-refractivity contribution >= 4 is 18.0 Å². The highest BCUT2D eigenvalue weighted by molar-refractivity contribution is 7.71. The molecule has 0 saturated carbocycles. The zero-order valence-corrected chi connectivity index (χ0v) is 6.18. The Morgan fingerprint density at radius 2 is 2.60 bits per heavy atom. The lowest BCUT2D eigenvalue weighted by Crippen LogP contribution is -2.07. The van der Waals surface area contributed by atoms with Crippen LogP contribution in [0.25, 0.3) is 0 Å². The molecule has 54 valence electrons. The number of hydrogen-bond donors (Lipinski definition) is 1. The van der Waals surface area contributed by atoms with Crippen LogP contribution >= 0.6 is 12.2 Å². The van der Waals surface area contributed by atoms with Gasteiger partial charge >= 0.3 is 0 Å². The van der Waals surface area contributed by atoms with Gasteiger partial charge in [-0.2, -0.15) is 5.21 Å². The van der Waals surface area contributed by atoms with Crippen molar-refractivity contribution in [2.75, 3.05) is 0 Å². The van der Waals surface area contributed by atoms with Gasteiger partial charge in [0.1, 0.15) is 6.54 Å². The average molecular weight is 158 g/mol. The molecule has 6 heteroatoms. The summed E-state index contributed by atoms with van der Waals surface area (Å²) in [5.41, 5.74) is 0. The molecule has 0 bridgehead atoms. The lowest BCUT2D eigenvalue weighted by Gasteiger charge is -1.92. The van der Waals surface area contributed by atoms with Gasteiger partial charge in [0, 0.05) is 0 Å². The number of aromatic nitrogens is 4. The Labute approximate surface area is 62.0 Å². The van der Waals surface area contributed by atoms with E-state index in [2.05, 4.69) is 15.5 Å². The first-order valence-electron chi connectivity index (χ1n) is 2.67. The number of hydrogen-bond acceptors (Lipinski definition) is 4.